The molecule has 32 heavy (non-hydrogen) atoms. The summed E-state index contributed by atoms with van der Waals surface area (Å²) in [4.78, 5) is 56.5. The Balaban J connectivity index is 1.41. The molecule has 0 aromatic heterocycles. The van der Waals surface area contributed by atoms with Crippen LogP contribution in [0.25, 0.3) is 0 Å². The molecule has 2 heterocycles. The van der Waals surface area contributed by atoms with E-state index in [0.717, 1.165) is 11.1 Å². The molecule has 6 nitrogen and oxygen atoms in total. The van der Waals surface area contributed by atoms with Crippen LogP contribution < -0.4 is 9.80 Å². The Labute approximate surface area is 185 Å². The van der Waals surface area contributed by atoms with E-state index < -0.39 is 35.5 Å². The molecule has 3 fully saturated rings. The lowest BCUT2D eigenvalue weighted by Crippen LogP contribution is -2.50. The van der Waals surface area contributed by atoms with Crippen molar-refractivity contribution in [2.24, 2.45) is 35.5 Å². The maximum absolute atomic E-state index is 13.5. The summed E-state index contributed by atoms with van der Waals surface area (Å²) in [6.45, 7) is 3.82. The first-order chi connectivity index (χ1) is 15.4. The highest BCUT2D eigenvalue weighted by Gasteiger charge is 2.68. The fourth-order valence-corrected chi connectivity index (χ4v) is 6.27. The standard InChI is InChI=1S/C26H22N2O4/c1-13-5-3-7-15(11-13)27-23(29)19-17-9-10-18(20(19)24(27)30)22-21(17)25(31)28(26(22)32)16-8-4-6-14(2)12-16/h3-12,17-22H,1-2H3/t17?,18?,19-,20+,21+,22-. The summed E-state index contributed by atoms with van der Waals surface area (Å²) in [5, 5.41) is 0. The molecule has 2 saturated heterocycles. The molecule has 4 amide bonds. The number of allylic oxidation sites excluding steroid dienone is 2. The van der Waals surface area contributed by atoms with Crippen LogP contribution in [-0.2, 0) is 19.2 Å². The van der Waals surface area contributed by atoms with Gasteiger partial charge in [0.2, 0.25) is 23.6 Å². The van der Waals surface area contributed by atoms with E-state index in [9.17, 15) is 19.2 Å². The smallest absolute Gasteiger partial charge is 0.238 e. The Morgan fingerprint density at radius 3 is 1.22 bits per heavy atom. The molecule has 6 heteroatoms. The van der Waals surface area contributed by atoms with E-state index in [1.54, 1.807) is 12.1 Å². The van der Waals surface area contributed by atoms with Crippen LogP contribution >= 0.6 is 0 Å². The Morgan fingerprint density at radius 1 is 0.562 bits per heavy atom. The lowest BCUT2D eigenvalue weighted by Gasteiger charge is -2.44. The van der Waals surface area contributed by atoms with Gasteiger partial charge in [-0.2, -0.15) is 0 Å². The van der Waals surface area contributed by atoms with Gasteiger partial charge in [-0.05, 0) is 49.2 Å². The Hall–Kier alpha value is -3.54. The summed E-state index contributed by atoms with van der Waals surface area (Å²) < 4.78 is 0. The molecule has 3 aliphatic carbocycles. The molecule has 0 radical (unpaired) electrons. The Bertz CT molecular complexity index is 1110. The summed E-state index contributed by atoms with van der Waals surface area (Å²) in [5.41, 5.74) is 3.01. The van der Waals surface area contributed by atoms with E-state index in [4.69, 9.17) is 0 Å². The third-order valence-electron chi connectivity index (χ3n) is 7.53. The van der Waals surface area contributed by atoms with E-state index in [1.165, 1.54) is 9.80 Å². The predicted molar refractivity (Wildman–Crippen MR) is 117 cm³/mol. The fraction of sp³-hybridized carbons (Fsp3) is 0.308. The molecule has 2 bridgehead atoms. The topological polar surface area (TPSA) is 74.8 Å². The van der Waals surface area contributed by atoms with Gasteiger partial charge in [0.15, 0.2) is 0 Å². The van der Waals surface area contributed by atoms with Crippen molar-refractivity contribution in [3.63, 3.8) is 0 Å². The van der Waals surface area contributed by atoms with Gasteiger partial charge in [0.1, 0.15) is 0 Å². The van der Waals surface area contributed by atoms with Crippen molar-refractivity contribution in [3.8, 4) is 0 Å². The monoisotopic (exact) mass is 426 g/mol. The van der Waals surface area contributed by atoms with Crippen molar-refractivity contribution >= 4 is 35.0 Å². The number of rotatable bonds is 2. The van der Waals surface area contributed by atoms with Gasteiger partial charge < -0.3 is 0 Å². The highest BCUT2D eigenvalue weighted by molar-refractivity contribution is 6.26. The quantitative estimate of drug-likeness (QED) is 0.547. The van der Waals surface area contributed by atoms with Gasteiger partial charge in [-0.3, -0.25) is 29.0 Å². The Kier molecular flexibility index (Phi) is 3.88. The van der Waals surface area contributed by atoms with Gasteiger partial charge in [-0.25, -0.2) is 0 Å². The number of carbonyl (C=O) groups excluding carboxylic acids is 4. The lowest BCUT2D eigenvalue weighted by atomic mass is 9.54. The van der Waals surface area contributed by atoms with Crippen molar-refractivity contribution in [2.45, 2.75) is 13.8 Å². The summed E-state index contributed by atoms with van der Waals surface area (Å²) in [6, 6.07) is 14.6. The maximum atomic E-state index is 13.5. The highest BCUT2D eigenvalue weighted by atomic mass is 16.2. The van der Waals surface area contributed by atoms with Crippen LogP contribution in [0.1, 0.15) is 11.1 Å². The lowest BCUT2D eigenvalue weighted by molar-refractivity contribution is -0.137. The minimum atomic E-state index is -0.603. The van der Waals surface area contributed by atoms with Crippen LogP contribution in [0.4, 0.5) is 11.4 Å². The van der Waals surface area contributed by atoms with E-state index >= 15 is 0 Å². The van der Waals surface area contributed by atoms with Crippen LogP contribution in [0.3, 0.4) is 0 Å². The minimum absolute atomic E-state index is 0.266. The summed E-state index contributed by atoms with van der Waals surface area (Å²) in [7, 11) is 0. The fourth-order valence-electron chi connectivity index (χ4n) is 6.27. The maximum Gasteiger partial charge on any atom is 0.238 e. The summed E-state index contributed by atoms with van der Waals surface area (Å²) in [6.07, 6.45) is 3.78. The van der Waals surface area contributed by atoms with Gasteiger partial charge >= 0.3 is 0 Å². The summed E-state index contributed by atoms with van der Waals surface area (Å²) >= 11 is 0. The third kappa shape index (κ3) is 2.35. The average Bonchev–Trinajstić information content (AvgIpc) is 3.21. The van der Waals surface area contributed by atoms with Crippen molar-refractivity contribution in [1.82, 2.24) is 0 Å². The van der Waals surface area contributed by atoms with Crippen molar-refractivity contribution in [1.29, 1.82) is 0 Å². The average molecular weight is 426 g/mol. The number of imide groups is 2. The molecule has 2 aromatic rings. The zero-order valence-electron chi connectivity index (χ0n) is 17.8. The van der Waals surface area contributed by atoms with Crippen molar-refractivity contribution in [2.75, 3.05) is 9.80 Å². The molecule has 0 spiro atoms. The summed E-state index contributed by atoms with van der Waals surface area (Å²) in [5.74, 6) is -4.38. The molecule has 2 aliphatic heterocycles. The number of hydrogen-bond donors (Lipinski definition) is 0. The Morgan fingerprint density at radius 2 is 0.906 bits per heavy atom. The molecule has 160 valence electrons. The first kappa shape index (κ1) is 19.2. The second-order valence-corrected chi connectivity index (χ2v) is 9.34. The first-order valence-corrected chi connectivity index (χ1v) is 11.0. The van der Waals surface area contributed by atoms with Gasteiger partial charge in [0.05, 0.1) is 35.0 Å². The number of anilines is 2. The number of aryl methyl sites for hydroxylation is 2. The van der Waals surface area contributed by atoms with Crippen LogP contribution in [0.5, 0.6) is 0 Å². The van der Waals surface area contributed by atoms with Crippen molar-refractivity contribution < 1.29 is 19.2 Å². The SMILES string of the molecule is Cc1cccc(N2C(=O)[C@@H]3C4C=CC([C@H]5C(=O)N(c6cccc(C)c6)C(=O)[C@@H]45)[C@@H]3C2=O)c1. The zero-order valence-corrected chi connectivity index (χ0v) is 17.8. The van der Waals surface area contributed by atoms with Gasteiger partial charge in [0.25, 0.3) is 0 Å². The normalized spacial score (nSPS) is 32.7. The largest absolute Gasteiger partial charge is 0.274 e. The first-order valence-electron chi connectivity index (χ1n) is 11.0. The minimum Gasteiger partial charge on any atom is -0.274 e. The van der Waals surface area contributed by atoms with Gasteiger partial charge in [0, 0.05) is 11.8 Å². The molecular weight excluding hydrogens is 404 g/mol. The number of hydrogen-bond acceptors (Lipinski definition) is 4. The molecule has 2 aromatic carbocycles. The molecular formula is C26H22N2O4. The second kappa shape index (κ2) is 6.48. The van der Waals surface area contributed by atoms with Crippen LogP contribution in [0.2, 0.25) is 0 Å². The van der Waals surface area contributed by atoms with E-state index in [0.29, 0.717) is 11.4 Å². The van der Waals surface area contributed by atoms with Crippen molar-refractivity contribution in [3.05, 3.63) is 71.8 Å². The molecule has 5 aliphatic rings. The van der Waals surface area contributed by atoms with Crippen LogP contribution in [-0.4, -0.2) is 23.6 Å². The molecule has 0 N–H and O–H groups in total. The van der Waals surface area contributed by atoms with E-state index in [-0.39, 0.29) is 23.6 Å². The second-order valence-electron chi connectivity index (χ2n) is 9.34. The molecule has 6 atom stereocenters. The molecule has 1 saturated carbocycles. The number of amides is 4. The number of benzene rings is 2. The number of nitrogens with zero attached hydrogens (tertiary/aromatic N) is 2. The van der Waals surface area contributed by atoms with E-state index in [2.05, 4.69) is 0 Å². The number of carbonyl (C=O) groups is 4. The highest BCUT2D eigenvalue weighted by Crippen LogP contribution is 2.58. The predicted octanol–water partition coefficient (Wildman–Crippen LogP) is 3.03. The molecule has 7 rings (SSSR count). The van der Waals surface area contributed by atoms with E-state index in [1.807, 2.05) is 62.4 Å². The van der Waals surface area contributed by atoms with Crippen LogP contribution in [0.15, 0.2) is 60.7 Å². The van der Waals surface area contributed by atoms with Gasteiger partial charge in [-0.15, -0.1) is 0 Å². The molecule has 2 unspecified atom stereocenters. The van der Waals surface area contributed by atoms with Crippen LogP contribution in [0, 0.1) is 49.4 Å². The van der Waals surface area contributed by atoms with Gasteiger partial charge in [-0.1, -0.05) is 36.4 Å². The zero-order chi connectivity index (χ0) is 22.3. The third-order valence-corrected chi connectivity index (χ3v) is 7.53.